The van der Waals surface area contributed by atoms with Gasteiger partial charge in [-0.1, -0.05) is 62.4 Å². The molecule has 0 unspecified atom stereocenters. The first-order valence-corrected chi connectivity index (χ1v) is 12.0. The lowest BCUT2D eigenvalue weighted by molar-refractivity contribution is -0.151. The fraction of sp³-hybridized carbons (Fsp3) is 0.444. The number of amides is 2. The number of esters is 1. The third kappa shape index (κ3) is 5.17. The maximum absolute atomic E-state index is 13.3. The van der Waals surface area contributed by atoms with Gasteiger partial charge < -0.3 is 24.8 Å². The lowest BCUT2D eigenvalue weighted by Crippen LogP contribution is -2.52. The topological polar surface area (TPSA) is 105 Å². The van der Waals surface area contributed by atoms with Gasteiger partial charge >= 0.3 is 12.1 Å². The summed E-state index contributed by atoms with van der Waals surface area (Å²) in [4.78, 5) is 39.6. The van der Waals surface area contributed by atoms with E-state index in [4.69, 9.17) is 9.47 Å². The molecule has 0 radical (unpaired) electrons. The highest BCUT2D eigenvalue weighted by Crippen LogP contribution is 2.44. The standard InChI is InChI=1S/C27H32N2O6/c1-16(2)12-23(25(31)29-14-17(30)13-24(29)26(32)34-3)28-27(33)35-15-22-20-10-6-4-8-18(20)19-9-5-7-11-21(19)22/h4-11,16-17,22-24,30H,12-15H2,1-3H3,(H,28,33)/t17-,23+,24+/m1/s1. The number of aliphatic hydroxyl groups is 1. The summed E-state index contributed by atoms with van der Waals surface area (Å²) in [5, 5.41) is 12.8. The molecule has 1 aliphatic heterocycles. The van der Waals surface area contributed by atoms with Crippen LogP contribution < -0.4 is 5.32 Å². The molecule has 8 nitrogen and oxygen atoms in total. The second-order valence-corrected chi connectivity index (χ2v) is 9.57. The average Bonchev–Trinajstić information content (AvgIpc) is 3.39. The van der Waals surface area contributed by atoms with Crippen molar-refractivity contribution >= 4 is 18.0 Å². The Morgan fingerprint density at radius 2 is 1.66 bits per heavy atom. The number of nitrogens with zero attached hydrogens (tertiary/aromatic N) is 1. The van der Waals surface area contributed by atoms with Crippen molar-refractivity contribution in [2.45, 2.75) is 50.8 Å². The van der Waals surface area contributed by atoms with E-state index in [1.54, 1.807) is 0 Å². The van der Waals surface area contributed by atoms with Crippen LogP contribution in [0.1, 0.15) is 43.7 Å². The van der Waals surface area contributed by atoms with Gasteiger partial charge in [-0.05, 0) is 34.6 Å². The molecular weight excluding hydrogens is 448 g/mol. The van der Waals surface area contributed by atoms with Gasteiger partial charge in [-0.25, -0.2) is 9.59 Å². The van der Waals surface area contributed by atoms with Crippen molar-refractivity contribution in [1.29, 1.82) is 0 Å². The zero-order chi connectivity index (χ0) is 25.1. The molecule has 2 aromatic carbocycles. The lowest BCUT2D eigenvalue weighted by atomic mass is 9.98. The van der Waals surface area contributed by atoms with E-state index in [1.165, 1.54) is 12.0 Å². The van der Waals surface area contributed by atoms with Gasteiger partial charge in [0.25, 0.3) is 0 Å². The predicted molar refractivity (Wildman–Crippen MR) is 130 cm³/mol. The third-order valence-electron chi connectivity index (χ3n) is 6.68. The molecule has 0 bridgehead atoms. The van der Waals surface area contributed by atoms with E-state index >= 15 is 0 Å². The first kappa shape index (κ1) is 24.7. The maximum Gasteiger partial charge on any atom is 0.407 e. The zero-order valence-electron chi connectivity index (χ0n) is 20.3. The molecule has 2 amide bonds. The van der Waals surface area contributed by atoms with Crippen molar-refractivity contribution in [3.8, 4) is 11.1 Å². The van der Waals surface area contributed by atoms with Crippen LogP contribution >= 0.6 is 0 Å². The van der Waals surface area contributed by atoms with E-state index < -0.39 is 36.2 Å². The van der Waals surface area contributed by atoms with Crippen molar-refractivity contribution in [1.82, 2.24) is 10.2 Å². The second kappa shape index (κ2) is 10.5. The summed E-state index contributed by atoms with van der Waals surface area (Å²) in [5.41, 5.74) is 4.46. The Labute approximate surface area is 205 Å². The second-order valence-electron chi connectivity index (χ2n) is 9.57. The largest absolute Gasteiger partial charge is 0.467 e. The number of methoxy groups -OCH3 is 1. The smallest absolute Gasteiger partial charge is 0.407 e. The van der Waals surface area contributed by atoms with Gasteiger partial charge in [0.15, 0.2) is 0 Å². The van der Waals surface area contributed by atoms with Crippen molar-refractivity contribution in [2.75, 3.05) is 20.3 Å². The molecule has 35 heavy (non-hydrogen) atoms. The molecule has 1 heterocycles. The summed E-state index contributed by atoms with van der Waals surface area (Å²) < 4.78 is 10.4. The molecule has 2 aliphatic rings. The Kier molecular flexibility index (Phi) is 7.40. The van der Waals surface area contributed by atoms with E-state index in [9.17, 15) is 19.5 Å². The van der Waals surface area contributed by atoms with Crippen molar-refractivity contribution in [3.63, 3.8) is 0 Å². The van der Waals surface area contributed by atoms with Crippen LogP contribution in [0, 0.1) is 5.92 Å². The molecule has 2 aromatic rings. The molecule has 2 N–H and O–H groups in total. The molecule has 4 rings (SSSR count). The average molecular weight is 481 g/mol. The lowest BCUT2D eigenvalue weighted by Gasteiger charge is -2.28. The summed E-state index contributed by atoms with van der Waals surface area (Å²) in [5.74, 6) is -1.01. The zero-order valence-corrected chi connectivity index (χ0v) is 20.3. The van der Waals surface area contributed by atoms with Crippen molar-refractivity contribution in [2.24, 2.45) is 5.92 Å². The Balaban J connectivity index is 1.45. The van der Waals surface area contributed by atoms with Crippen LogP contribution in [0.2, 0.25) is 0 Å². The Bertz CT molecular complexity index is 1060. The van der Waals surface area contributed by atoms with Crippen LogP contribution in [-0.4, -0.2) is 66.4 Å². The van der Waals surface area contributed by atoms with Crippen LogP contribution in [0.3, 0.4) is 0 Å². The normalized spacial score (nSPS) is 19.7. The number of hydrogen-bond acceptors (Lipinski definition) is 6. The van der Waals surface area contributed by atoms with Crippen molar-refractivity contribution < 1.29 is 29.0 Å². The first-order chi connectivity index (χ1) is 16.8. The number of nitrogens with one attached hydrogen (secondary N) is 1. The molecule has 0 spiro atoms. The predicted octanol–water partition coefficient (Wildman–Crippen LogP) is 3.07. The van der Waals surface area contributed by atoms with Gasteiger partial charge in [0, 0.05) is 18.9 Å². The number of hydrogen-bond donors (Lipinski definition) is 2. The molecule has 1 saturated heterocycles. The molecule has 1 aliphatic carbocycles. The third-order valence-corrected chi connectivity index (χ3v) is 6.68. The summed E-state index contributed by atoms with van der Waals surface area (Å²) >= 11 is 0. The number of alkyl carbamates (subject to hydrolysis) is 1. The molecule has 186 valence electrons. The highest BCUT2D eigenvalue weighted by Gasteiger charge is 2.42. The van der Waals surface area contributed by atoms with Crippen LogP contribution in [-0.2, 0) is 19.1 Å². The van der Waals surface area contributed by atoms with Gasteiger partial charge in [0.2, 0.25) is 5.91 Å². The van der Waals surface area contributed by atoms with Crippen LogP contribution in [0.4, 0.5) is 4.79 Å². The summed E-state index contributed by atoms with van der Waals surface area (Å²) in [6.07, 6.45) is -1.04. The molecule has 0 aromatic heterocycles. The Hall–Kier alpha value is -3.39. The SMILES string of the molecule is COC(=O)[C@@H]1C[C@@H](O)CN1C(=O)[C@H](CC(C)C)NC(=O)OCC1c2ccccc2-c2ccccc21. The van der Waals surface area contributed by atoms with Crippen LogP contribution in [0.5, 0.6) is 0 Å². The maximum atomic E-state index is 13.3. The van der Waals surface area contributed by atoms with Gasteiger partial charge in [0.1, 0.15) is 18.7 Å². The van der Waals surface area contributed by atoms with E-state index in [0.29, 0.717) is 6.42 Å². The number of ether oxygens (including phenoxy) is 2. The van der Waals surface area contributed by atoms with Gasteiger partial charge in [-0.3, -0.25) is 4.79 Å². The van der Waals surface area contributed by atoms with Gasteiger partial charge in [-0.2, -0.15) is 0 Å². The summed E-state index contributed by atoms with van der Waals surface area (Å²) in [7, 11) is 1.25. The molecule has 1 fully saturated rings. The summed E-state index contributed by atoms with van der Waals surface area (Å²) in [6, 6.07) is 14.4. The molecule has 0 saturated carbocycles. The quantitative estimate of drug-likeness (QED) is 0.590. The van der Waals surface area contributed by atoms with E-state index in [-0.39, 0.29) is 31.4 Å². The molecule has 8 heteroatoms. The molecule has 3 atom stereocenters. The number of benzene rings is 2. The minimum atomic E-state index is -0.886. The number of rotatable bonds is 7. The molecular formula is C27H32N2O6. The Morgan fingerprint density at radius 3 is 2.23 bits per heavy atom. The number of carbonyl (C=O) groups excluding carboxylic acids is 3. The van der Waals surface area contributed by atoms with Gasteiger partial charge in [-0.15, -0.1) is 0 Å². The minimum Gasteiger partial charge on any atom is -0.467 e. The van der Waals surface area contributed by atoms with Crippen molar-refractivity contribution in [3.05, 3.63) is 59.7 Å². The fourth-order valence-electron chi connectivity index (χ4n) is 5.09. The Morgan fingerprint density at radius 1 is 1.06 bits per heavy atom. The van der Waals surface area contributed by atoms with Crippen LogP contribution in [0.15, 0.2) is 48.5 Å². The minimum absolute atomic E-state index is 0.0135. The fourth-order valence-corrected chi connectivity index (χ4v) is 5.09. The van der Waals surface area contributed by atoms with Crippen LogP contribution in [0.25, 0.3) is 11.1 Å². The highest BCUT2D eigenvalue weighted by molar-refractivity contribution is 5.90. The van der Waals surface area contributed by atoms with E-state index in [1.807, 2.05) is 50.2 Å². The number of fused-ring (bicyclic) bond motifs is 3. The monoisotopic (exact) mass is 480 g/mol. The number of carbonyl (C=O) groups is 3. The number of β-amino-alcohol motifs (C(OH)–C–C–N with tert-alkyl or cyclic N) is 1. The number of aliphatic hydroxyl groups excluding tert-OH is 1. The van der Waals surface area contributed by atoms with Gasteiger partial charge in [0.05, 0.1) is 13.2 Å². The highest BCUT2D eigenvalue weighted by atomic mass is 16.5. The first-order valence-electron chi connectivity index (χ1n) is 12.0. The number of likely N-dealkylation sites (tertiary alicyclic amines) is 1. The van der Waals surface area contributed by atoms with E-state index in [0.717, 1.165) is 22.3 Å². The van der Waals surface area contributed by atoms with E-state index in [2.05, 4.69) is 17.4 Å². The summed E-state index contributed by atoms with van der Waals surface area (Å²) in [6.45, 7) is 4.03.